The Kier molecular flexibility index (Phi) is 4.07. The van der Waals surface area contributed by atoms with Gasteiger partial charge in [0.1, 0.15) is 0 Å². The molecule has 1 rings (SSSR count). The van der Waals surface area contributed by atoms with Crippen LogP contribution in [0.2, 0.25) is 0 Å². The molecule has 0 saturated carbocycles. The predicted octanol–water partition coefficient (Wildman–Crippen LogP) is 0.611. The molecular weight excluding hydrogens is 180 g/mol. The third-order valence-corrected chi connectivity index (χ3v) is 1.23. The van der Waals surface area contributed by atoms with Crippen molar-refractivity contribution in [3.8, 4) is 5.88 Å². The highest BCUT2D eigenvalue weighted by atomic mass is 35.5. The van der Waals surface area contributed by atoms with Gasteiger partial charge in [-0.05, 0) is 6.07 Å². The van der Waals surface area contributed by atoms with E-state index in [2.05, 4.69) is 4.98 Å². The summed E-state index contributed by atoms with van der Waals surface area (Å²) in [5, 5.41) is 0. The van der Waals surface area contributed by atoms with E-state index in [1.165, 1.54) is 25.4 Å². The second kappa shape index (κ2) is 4.56. The zero-order chi connectivity index (χ0) is 8.27. The topological polar surface area (TPSA) is 65.2 Å². The molecule has 5 heteroatoms. The van der Waals surface area contributed by atoms with Crippen molar-refractivity contribution in [1.29, 1.82) is 0 Å². The summed E-state index contributed by atoms with van der Waals surface area (Å²) in [6.45, 7) is 0. The van der Waals surface area contributed by atoms with Gasteiger partial charge in [-0.3, -0.25) is 4.79 Å². The van der Waals surface area contributed by atoms with Gasteiger partial charge in [-0.1, -0.05) is 0 Å². The lowest BCUT2D eigenvalue weighted by Crippen LogP contribution is -2.10. The molecular formula is C7H9ClN2O2. The third-order valence-electron chi connectivity index (χ3n) is 1.23. The van der Waals surface area contributed by atoms with Gasteiger partial charge in [0.25, 0.3) is 0 Å². The molecule has 0 aliphatic carbocycles. The fraction of sp³-hybridized carbons (Fsp3) is 0.143. The Morgan fingerprint density at radius 1 is 1.67 bits per heavy atom. The van der Waals surface area contributed by atoms with Gasteiger partial charge in [0.2, 0.25) is 11.8 Å². The first kappa shape index (κ1) is 10.7. The zero-order valence-electron chi connectivity index (χ0n) is 6.48. The number of primary amides is 1. The Labute approximate surface area is 76.1 Å². The van der Waals surface area contributed by atoms with E-state index >= 15 is 0 Å². The van der Waals surface area contributed by atoms with Crippen LogP contribution in [0.15, 0.2) is 18.3 Å². The lowest BCUT2D eigenvalue weighted by atomic mass is 10.2. The van der Waals surface area contributed by atoms with Gasteiger partial charge in [0, 0.05) is 17.8 Å². The van der Waals surface area contributed by atoms with Crippen molar-refractivity contribution in [1.82, 2.24) is 4.98 Å². The fourth-order valence-corrected chi connectivity index (χ4v) is 0.674. The molecule has 0 aliphatic heterocycles. The van der Waals surface area contributed by atoms with Crippen LogP contribution in [0.4, 0.5) is 0 Å². The molecule has 1 aromatic rings. The minimum atomic E-state index is -0.481. The first-order chi connectivity index (χ1) is 5.24. The molecule has 0 spiro atoms. The first-order valence-electron chi connectivity index (χ1n) is 3.04. The zero-order valence-corrected chi connectivity index (χ0v) is 7.30. The Hall–Kier alpha value is -1.29. The van der Waals surface area contributed by atoms with Crippen molar-refractivity contribution in [2.45, 2.75) is 0 Å². The van der Waals surface area contributed by atoms with E-state index in [-0.39, 0.29) is 12.4 Å². The second-order valence-corrected chi connectivity index (χ2v) is 1.95. The van der Waals surface area contributed by atoms with Crippen LogP contribution >= 0.6 is 12.4 Å². The van der Waals surface area contributed by atoms with E-state index in [0.717, 1.165) is 0 Å². The van der Waals surface area contributed by atoms with Gasteiger partial charge in [0.05, 0.1) is 7.11 Å². The average molecular weight is 189 g/mol. The van der Waals surface area contributed by atoms with Crippen molar-refractivity contribution in [2.75, 3.05) is 7.11 Å². The molecule has 0 aliphatic rings. The Balaban J connectivity index is 0.00000121. The normalized spacial score (nSPS) is 8.42. The largest absolute Gasteiger partial charge is 0.481 e. The molecule has 2 N–H and O–H groups in total. The number of rotatable bonds is 2. The number of pyridine rings is 1. The molecule has 0 bridgehead atoms. The average Bonchev–Trinajstić information content (AvgIpc) is 2.05. The summed E-state index contributed by atoms with van der Waals surface area (Å²) in [4.78, 5) is 14.4. The molecule has 4 nitrogen and oxygen atoms in total. The van der Waals surface area contributed by atoms with Gasteiger partial charge in [-0.25, -0.2) is 4.98 Å². The number of nitrogens with two attached hydrogens (primary N) is 1. The van der Waals surface area contributed by atoms with Crippen LogP contribution < -0.4 is 10.5 Å². The number of hydrogen-bond acceptors (Lipinski definition) is 3. The van der Waals surface area contributed by atoms with Crippen LogP contribution in [0, 0.1) is 0 Å². The smallest absolute Gasteiger partial charge is 0.248 e. The molecule has 1 amide bonds. The van der Waals surface area contributed by atoms with Gasteiger partial charge >= 0.3 is 0 Å². The summed E-state index contributed by atoms with van der Waals surface area (Å²) < 4.78 is 4.79. The highest BCUT2D eigenvalue weighted by molar-refractivity contribution is 5.92. The molecule has 0 saturated heterocycles. The predicted molar refractivity (Wildman–Crippen MR) is 46.6 cm³/mol. The Morgan fingerprint density at radius 3 is 2.83 bits per heavy atom. The molecule has 0 fully saturated rings. The lowest BCUT2D eigenvalue weighted by molar-refractivity contribution is 0.1000. The minimum Gasteiger partial charge on any atom is -0.481 e. The number of nitrogens with zero attached hydrogens (tertiary/aromatic N) is 1. The molecule has 1 heterocycles. The number of amides is 1. The summed E-state index contributed by atoms with van der Waals surface area (Å²) in [6.07, 6.45) is 1.47. The molecule has 12 heavy (non-hydrogen) atoms. The quantitative estimate of drug-likeness (QED) is 0.740. The van der Waals surface area contributed by atoms with Gasteiger partial charge in [0.15, 0.2) is 0 Å². The van der Waals surface area contributed by atoms with E-state index in [1.807, 2.05) is 0 Å². The SMILES string of the molecule is COc1cc(C(N)=O)ccn1.Cl. The molecule has 1 aromatic heterocycles. The highest BCUT2D eigenvalue weighted by Crippen LogP contribution is 2.06. The van der Waals surface area contributed by atoms with Crippen molar-refractivity contribution in [3.63, 3.8) is 0 Å². The van der Waals surface area contributed by atoms with E-state index < -0.39 is 5.91 Å². The molecule has 0 unspecified atom stereocenters. The Morgan fingerprint density at radius 2 is 2.33 bits per heavy atom. The van der Waals surface area contributed by atoms with Crippen LogP contribution in [-0.4, -0.2) is 18.0 Å². The summed E-state index contributed by atoms with van der Waals surface area (Å²) in [6, 6.07) is 3.02. The van der Waals surface area contributed by atoms with Crippen LogP contribution in [-0.2, 0) is 0 Å². The van der Waals surface area contributed by atoms with Gasteiger partial charge < -0.3 is 10.5 Å². The standard InChI is InChI=1S/C7H8N2O2.ClH/c1-11-6-4-5(7(8)10)2-3-9-6;/h2-4H,1H3,(H2,8,10);1H. The molecule has 0 atom stereocenters. The first-order valence-corrected chi connectivity index (χ1v) is 3.04. The van der Waals surface area contributed by atoms with Crippen LogP contribution in [0.25, 0.3) is 0 Å². The van der Waals surface area contributed by atoms with Crippen LogP contribution in [0.5, 0.6) is 5.88 Å². The van der Waals surface area contributed by atoms with Crippen LogP contribution in [0.3, 0.4) is 0 Å². The summed E-state index contributed by atoms with van der Waals surface area (Å²) >= 11 is 0. The third kappa shape index (κ3) is 2.39. The van der Waals surface area contributed by atoms with E-state index in [9.17, 15) is 4.79 Å². The van der Waals surface area contributed by atoms with Crippen molar-refractivity contribution in [2.24, 2.45) is 5.73 Å². The van der Waals surface area contributed by atoms with Gasteiger partial charge in [-0.2, -0.15) is 0 Å². The molecule has 0 aromatic carbocycles. The van der Waals surface area contributed by atoms with Crippen molar-refractivity contribution >= 4 is 18.3 Å². The number of carbonyl (C=O) groups excluding carboxylic acids is 1. The highest BCUT2D eigenvalue weighted by Gasteiger charge is 2.00. The number of methoxy groups -OCH3 is 1. The minimum absolute atomic E-state index is 0. The fourth-order valence-electron chi connectivity index (χ4n) is 0.674. The number of ether oxygens (including phenoxy) is 1. The molecule has 0 radical (unpaired) electrons. The lowest BCUT2D eigenvalue weighted by Gasteiger charge is -1.98. The number of halogens is 1. The molecule has 66 valence electrons. The second-order valence-electron chi connectivity index (χ2n) is 1.95. The van der Waals surface area contributed by atoms with Crippen molar-refractivity contribution < 1.29 is 9.53 Å². The Bertz CT molecular complexity index is 278. The monoisotopic (exact) mass is 188 g/mol. The van der Waals surface area contributed by atoms with Crippen molar-refractivity contribution in [3.05, 3.63) is 23.9 Å². The maximum atomic E-state index is 10.6. The van der Waals surface area contributed by atoms with E-state index in [4.69, 9.17) is 10.5 Å². The maximum absolute atomic E-state index is 10.6. The summed E-state index contributed by atoms with van der Waals surface area (Å²) in [5.74, 6) is -0.0907. The maximum Gasteiger partial charge on any atom is 0.248 e. The van der Waals surface area contributed by atoms with E-state index in [1.54, 1.807) is 0 Å². The number of hydrogen-bond donors (Lipinski definition) is 1. The van der Waals surface area contributed by atoms with Gasteiger partial charge in [-0.15, -0.1) is 12.4 Å². The van der Waals surface area contributed by atoms with E-state index in [0.29, 0.717) is 11.4 Å². The number of carbonyl (C=O) groups is 1. The summed E-state index contributed by atoms with van der Waals surface area (Å²) in [7, 11) is 1.48. The summed E-state index contributed by atoms with van der Waals surface area (Å²) in [5.41, 5.74) is 5.41. The van der Waals surface area contributed by atoms with Crippen LogP contribution in [0.1, 0.15) is 10.4 Å². The number of aromatic nitrogens is 1.